The maximum Gasteiger partial charge on any atom is 0.318 e. The predicted octanol–water partition coefficient (Wildman–Crippen LogP) is 2.02. The number of urea groups is 1. The fourth-order valence-corrected chi connectivity index (χ4v) is 4.05. The molecule has 0 radical (unpaired) electrons. The number of likely N-dealkylation sites (tertiary alicyclic amines) is 1. The van der Waals surface area contributed by atoms with Gasteiger partial charge in [0.05, 0.1) is 22.3 Å². The van der Waals surface area contributed by atoms with Gasteiger partial charge in [-0.25, -0.2) is 9.78 Å². The zero-order chi connectivity index (χ0) is 15.7. The summed E-state index contributed by atoms with van der Waals surface area (Å²) in [6, 6.07) is 6.92. The van der Waals surface area contributed by atoms with Crippen LogP contribution in [0.1, 0.15) is 30.8 Å². The minimum Gasteiger partial charge on any atom is -0.351 e. The van der Waals surface area contributed by atoms with Gasteiger partial charge in [-0.05, 0) is 38.4 Å². The summed E-state index contributed by atoms with van der Waals surface area (Å²) in [6.07, 6.45) is 1.97. The third-order valence-electron chi connectivity index (χ3n) is 4.01. The average molecular weight is 318 g/mol. The Balaban J connectivity index is 1.83. The van der Waals surface area contributed by atoms with E-state index in [-0.39, 0.29) is 11.9 Å². The number of thiazole rings is 1. The minimum absolute atomic E-state index is 0.117. The van der Waals surface area contributed by atoms with Crippen molar-refractivity contribution in [1.82, 2.24) is 15.2 Å². The molecule has 6 nitrogen and oxygen atoms in total. The van der Waals surface area contributed by atoms with E-state index >= 15 is 0 Å². The monoisotopic (exact) mass is 318 g/mol. The van der Waals surface area contributed by atoms with Gasteiger partial charge < -0.3 is 5.73 Å². The van der Waals surface area contributed by atoms with Crippen molar-refractivity contribution in [2.45, 2.75) is 31.8 Å². The molecule has 2 aromatic rings. The molecule has 1 fully saturated rings. The molecule has 1 aliphatic rings. The lowest BCUT2D eigenvalue weighted by molar-refractivity contribution is -0.125. The van der Waals surface area contributed by atoms with Crippen LogP contribution in [0.4, 0.5) is 4.79 Å². The van der Waals surface area contributed by atoms with Crippen molar-refractivity contribution in [3.05, 3.63) is 29.3 Å². The molecule has 1 aromatic heterocycles. The number of aromatic nitrogens is 1. The third kappa shape index (κ3) is 2.82. The normalized spacial score (nSPS) is 20.1. The molecule has 7 heteroatoms. The Labute approximate surface area is 132 Å². The van der Waals surface area contributed by atoms with Gasteiger partial charge >= 0.3 is 6.03 Å². The molecule has 0 aliphatic carbocycles. The quantitative estimate of drug-likeness (QED) is 0.906. The number of benzene rings is 1. The van der Waals surface area contributed by atoms with Crippen LogP contribution in [0, 0.1) is 0 Å². The first-order chi connectivity index (χ1) is 10.6. The first-order valence-corrected chi connectivity index (χ1v) is 8.09. The number of amides is 3. The van der Waals surface area contributed by atoms with Crippen LogP contribution in [-0.2, 0) is 4.79 Å². The molecule has 0 spiro atoms. The molecule has 3 N–H and O–H groups in total. The van der Waals surface area contributed by atoms with E-state index < -0.39 is 12.1 Å². The SMILES string of the molecule is CC(C(=O)NC(N)=O)N1CCCC1c1nc2ccccc2s1. The highest BCUT2D eigenvalue weighted by molar-refractivity contribution is 7.18. The van der Waals surface area contributed by atoms with Gasteiger partial charge in [0.1, 0.15) is 5.01 Å². The van der Waals surface area contributed by atoms with Crippen molar-refractivity contribution in [2.75, 3.05) is 6.54 Å². The number of hydrogen-bond donors (Lipinski definition) is 2. The summed E-state index contributed by atoms with van der Waals surface area (Å²) in [7, 11) is 0. The summed E-state index contributed by atoms with van der Waals surface area (Å²) in [4.78, 5) is 29.7. The van der Waals surface area contributed by atoms with Crippen LogP contribution in [-0.4, -0.2) is 34.4 Å². The lowest BCUT2D eigenvalue weighted by Gasteiger charge is -2.28. The van der Waals surface area contributed by atoms with Crippen LogP contribution in [0.2, 0.25) is 0 Å². The van der Waals surface area contributed by atoms with Crippen LogP contribution in [0.15, 0.2) is 24.3 Å². The number of nitrogens with two attached hydrogens (primary N) is 1. The second-order valence-electron chi connectivity index (χ2n) is 5.45. The first-order valence-electron chi connectivity index (χ1n) is 7.28. The molecule has 22 heavy (non-hydrogen) atoms. The largest absolute Gasteiger partial charge is 0.351 e. The highest BCUT2D eigenvalue weighted by Crippen LogP contribution is 2.37. The Hall–Kier alpha value is -1.99. The Morgan fingerprint density at radius 1 is 1.45 bits per heavy atom. The topological polar surface area (TPSA) is 88.3 Å². The standard InChI is InChI=1S/C15H18N4O2S/c1-9(13(20)18-15(16)21)19-8-4-6-11(19)14-17-10-5-2-3-7-12(10)22-14/h2-3,5,7,9,11H,4,6,8H2,1H3,(H3,16,18,20,21). The van der Waals surface area contributed by atoms with Gasteiger partial charge in [-0.1, -0.05) is 12.1 Å². The molecule has 1 saturated heterocycles. The van der Waals surface area contributed by atoms with Crippen molar-refractivity contribution in [1.29, 1.82) is 0 Å². The van der Waals surface area contributed by atoms with Gasteiger partial charge in [0.25, 0.3) is 0 Å². The van der Waals surface area contributed by atoms with E-state index in [4.69, 9.17) is 10.7 Å². The Bertz CT molecular complexity index is 681. The van der Waals surface area contributed by atoms with Gasteiger partial charge in [-0.2, -0.15) is 0 Å². The van der Waals surface area contributed by atoms with Crippen LogP contribution in [0.25, 0.3) is 10.2 Å². The number of imide groups is 1. The summed E-state index contributed by atoms with van der Waals surface area (Å²) in [5.74, 6) is -0.361. The van der Waals surface area contributed by atoms with Crippen molar-refractivity contribution in [3.63, 3.8) is 0 Å². The van der Waals surface area contributed by atoms with Crippen molar-refractivity contribution in [2.24, 2.45) is 5.73 Å². The number of nitrogens with one attached hydrogen (secondary N) is 1. The fourth-order valence-electron chi connectivity index (χ4n) is 2.93. The van der Waals surface area contributed by atoms with Crippen LogP contribution in [0.3, 0.4) is 0 Å². The zero-order valence-electron chi connectivity index (χ0n) is 12.3. The Morgan fingerprint density at radius 3 is 2.95 bits per heavy atom. The van der Waals surface area contributed by atoms with Crippen molar-refractivity contribution in [3.8, 4) is 0 Å². The lowest BCUT2D eigenvalue weighted by Crippen LogP contribution is -2.48. The second kappa shape index (κ2) is 6.02. The van der Waals surface area contributed by atoms with Crippen LogP contribution >= 0.6 is 11.3 Å². The molecule has 2 heterocycles. The number of carbonyl (C=O) groups is 2. The van der Waals surface area contributed by atoms with Crippen molar-refractivity contribution >= 4 is 33.5 Å². The van der Waals surface area contributed by atoms with E-state index in [1.54, 1.807) is 18.3 Å². The number of fused-ring (bicyclic) bond motifs is 1. The molecule has 2 atom stereocenters. The van der Waals surface area contributed by atoms with Gasteiger partial charge in [0, 0.05) is 0 Å². The summed E-state index contributed by atoms with van der Waals surface area (Å²) in [5.41, 5.74) is 6.02. The zero-order valence-corrected chi connectivity index (χ0v) is 13.1. The Morgan fingerprint density at radius 2 is 2.23 bits per heavy atom. The molecular weight excluding hydrogens is 300 g/mol. The van der Waals surface area contributed by atoms with Gasteiger partial charge in [-0.15, -0.1) is 11.3 Å². The van der Waals surface area contributed by atoms with Crippen molar-refractivity contribution < 1.29 is 9.59 Å². The Kier molecular flexibility index (Phi) is 4.08. The average Bonchev–Trinajstić information content (AvgIpc) is 3.11. The summed E-state index contributed by atoms with van der Waals surface area (Å²) in [6.45, 7) is 2.61. The number of rotatable bonds is 3. The smallest absolute Gasteiger partial charge is 0.318 e. The lowest BCUT2D eigenvalue weighted by atomic mass is 10.2. The second-order valence-corrected chi connectivity index (χ2v) is 6.51. The highest BCUT2D eigenvalue weighted by atomic mass is 32.1. The summed E-state index contributed by atoms with van der Waals surface area (Å²) in [5, 5.41) is 3.18. The summed E-state index contributed by atoms with van der Waals surface area (Å²) >= 11 is 1.67. The van der Waals surface area contributed by atoms with Gasteiger partial charge in [0.15, 0.2) is 0 Å². The maximum absolute atomic E-state index is 12.0. The van der Waals surface area contributed by atoms with Gasteiger partial charge in [-0.3, -0.25) is 15.0 Å². The maximum atomic E-state index is 12.0. The number of para-hydroxylation sites is 1. The molecule has 1 aliphatic heterocycles. The highest BCUT2D eigenvalue weighted by Gasteiger charge is 2.35. The van der Waals surface area contributed by atoms with E-state index in [9.17, 15) is 9.59 Å². The van der Waals surface area contributed by atoms with Gasteiger partial charge in [0.2, 0.25) is 5.91 Å². The van der Waals surface area contributed by atoms with Crippen LogP contribution in [0.5, 0.6) is 0 Å². The third-order valence-corrected chi connectivity index (χ3v) is 5.15. The molecule has 2 unspecified atom stereocenters. The molecule has 0 saturated carbocycles. The number of hydrogen-bond acceptors (Lipinski definition) is 5. The van der Waals surface area contributed by atoms with E-state index in [1.807, 2.05) is 18.2 Å². The molecule has 1 aromatic carbocycles. The predicted molar refractivity (Wildman–Crippen MR) is 85.5 cm³/mol. The van der Waals surface area contributed by atoms with E-state index in [0.717, 1.165) is 34.6 Å². The van der Waals surface area contributed by atoms with Crippen LogP contribution < -0.4 is 11.1 Å². The number of primary amides is 1. The number of nitrogens with zero attached hydrogens (tertiary/aromatic N) is 2. The summed E-state index contributed by atoms with van der Waals surface area (Å²) < 4.78 is 1.15. The van der Waals surface area contributed by atoms with E-state index in [0.29, 0.717) is 0 Å². The van der Waals surface area contributed by atoms with E-state index in [1.165, 1.54) is 0 Å². The minimum atomic E-state index is -0.812. The van der Waals surface area contributed by atoms with E-state index in [2.05, 4.69) is 16.3 Å². The first kappa shape index (κ1) is 14.9. The molecule has 3 amide bonds. The molecule has 0 bridgehead atoms. The molecule has 116 valence electrons. The molecule has 3 rings (SSSR count). The number of carbonyl (C=O) groups excluding carboxylic acids is 2. The fraction of sp³-hybridized carbons (Fsp3) is 0.400. The molecular formula is C15H18N4O2S.